The molecule has 1 rings (SSSR count). The van der Waals surface area contributed by atoms with Crippen LogP contribution in [0.2, 0.25) is 0 Å². The molecule has 0 aromatic carbocycles. The summed E-state index contributed by atoms with van der Waals surface area (Å²) in [7, 11) is 0. The Kier molecular flexibility index (Phi) is 4.90. The molecule has 0 bridgehead atoms. The van der Waals surface area contributed by atoms with Gasteiger partial charge in [0.1, 0.15) is 0 Å². The van der Waals surface area contributed by atoms with Crippen molar-refractivity contribution in [3.05, 3.63) is 22.1 Å². The third-order valence-electron chi connectivity index (χ3n) is 2.73. The summed E-state index contributed by atoms with van der Waals surface area (Å²) in [6.07, 6.45) is 1.66. The van der Waals surface area contributed by atoms with Crippen molar-refractivity contribution in [1.29, 1.82) is 0 Å². The fourth-order valence-corrected chi connectivity index (χ4v) is 1.58. The zero-order valence-corrected chi connectivity index (χ0v) is 12.0. The maximum atomic E-state index is 11.9. The Hall–Kier alpha value is -1.36. The molecule has 0 radical (unpaired) electrons. The standard InChI is InChI=1S/C13H24N4O/c1-6-17(7-2)12-14-8-10(11(18)16-12)9-15-13(3,4)5/h8,15H,6-7,9H2,1-5H3,(H,14,16,18). The van der Waals surface area contributed by atoms with Crippen molar-refractivity contribution in [1.82, 2.24) is 15.3 Å². The minimum absolute atomic E-state index is 0.00994. The molecule has 0 saturated heterocycles. The first kappa shape index (κ1) is 14.7. The van der Waals surface area contributed by atoms with Crippen LogP contribution in [0, 0.1) is 0 Å². The Labute approximate surface area is 109 Å². The number of hydrogen-bond acceptors (Lipinski definition) is 4. The van der Waals surface area contributed by atoms with Crippen LogP contribution in [-0.2, 0) is 6.54 Å². The monoisotopic (exact) mass is 252 g/mol. The molecule has 1 heterocycles. The molecule has 5 heteroatoms. The zero-order chi connectivity index (χ0) is 13.8. The van der Waals surface area contributed by atoms with E-state index in [0.717, 1.165) is 13.1 Å². The lowest BCUT2D eigenvalue weighted by Gasteiger charge is -2.21. The molecule has 0 aliphatic heterocycles. The van der Waals surface area contributed by atoms with Gasteiger partial charge in [0.15, 0.2) is 0 Å². The van der Waals surface area contributed by atoms with Crippen LogP contribution in [0.25, 0.3) is 0 Å². The van der Waals surface area contributed by atoms with Crippen molar-refractivity contribution >= 4 is 5.95 Å². The molecule has 0 aliphatic carbocycles. The van der Waals surface area contributed by atoms with Crippen molar-refractivity contribution in [2.24, 2.45) is 0 Å². The van der Waals surface area contributed by atoms with Crippen molar-refractivity contribution < 1.29 is 0 Å². The minimum atomic E-state index is -0.0661. The molecule has 0 saturated carbocycles. The molecule has 1 aromatic rings. The molecule has 102 valence electrons. The molecule has 0 atom stereocenters. The van der Waals surface area contributed by atoms with E-state index in [9.17, 15) is 4.79 Å². The van der Waals surface area contributed by atoms with E-state index in [4.69, 9.17) is 0 Å². The number of aromatic amines is 1. The maximum Gasteiger partial charge on any atom is 0.256 e. The summed E-state index contributed by atoms with van der Waals surface area (Å²) in [6.45, 7) is 12.5. The lowest BCUT2D eigenvalue weighted by molar-refractivity contribution is 0.423. The van der Waals surface area contributed by atoms with E-state index in [1.807, 2.05) is 18.7 Å². The molecule has 1 aromatic heterocycles. The zero-order valence-electron chi connectivity index (χ0n) is 12.0. The van der Waals surface area contributed by atoms with E-state index in [1.165, 1.54) is 0 Å². The first-order valence-corrected chi connectivity index (χ1v) is 6.45. The van der Waals surface area contributed by atoms with Crippen LogP contribution in [0.4, 0.5) is 5.95 Å². The van der Waals surface area contributed by atoms with Gasteiger partial charge in [-0.05, 0) is 34.6 Å². The van der Waals surface area contributed by atoms with Gasteiger partial charge in [-0.3, -0.25) is 9.78 Å². The van der Waals surface area contributed by atoms with E-state index in [0.29, 0.717) is 18.1 Å². The Morgan fingerprint density at radius 2 is 1.94 bits per heavy atom. The van der Waals surface area contributed by atoms with Crippen LogP contribution in [0.5, 0.6) is 0 Å². The lowest BCUT2D eigenvalue weighted by Crippen LogP contribution is -2.37. The van der Waals surface area contributed by atoms with E-state index in [1.54, 1.807) is 6.20 Å². The van der Waals surface area contributed by atoms with E-state index in [-0.39, 0.29) is 11.1 Å². The molecule has 2 N–H and O–H groups in total. The van der Waals surface area contributed by atoms with Gasteiger partial charge in [0.05, 0.1) is 0 Å². The fourth-order valence-electron chi connectivity index (χ4n) is 1.58. The van der Waals surface area contributed by atoms with Crippen molar-refractivity contribution in [3.8, 4) is 0 Å². The minimum Gasteiger partial charge on any atom is -0.343 e. The van der Waals surface area contributed by atoms with E-state index in [2.05, 4.69) is 36.1 Å². The van der Waals surface area contributed by atoms with Crippen molar-refractivity contribution in [2.45, 2.75) is 46.7 Å². The second-order valence-electron chi connectivity index (χ2n) is 5.34. The predicted octanol–water partition coefficient (Wildman–Crippen LogP) is 1.50. The van der Waals surface area contributed by atoms with Gasteiger partial charge in [0.2, 0.25) is 5.95 Å². The summed E-state index contributed by atoms with van der Waals surface area (Å²) in [6, 6.07) is 0. The van der Waals surface area contributed by atoms with Gasteiger partial charge in [-0.2, -0.15) is 0 Å². The smallest absolute Gasteiger partial charge is 0.256 e. The van der Waals surface area contributed by atoms with Crippen LogP contribution in [-0.4, -0.2) is 28.6 Å². The largest absolute Gasteiger partial charge is 0.343 e. The Morgan fingerprint density at radius 1 is 1.33 bits per heavy atom. The summed E-state index contributed by atoms with van der Waals surface area (Å²) in [5.74, 6) is 0.643. The number of nitrogens with one attached hydrogen (secondary N) is 2. The van der Waals surface area contributed by atoms with Crippen LogP contribution in [0.1, 0.15) is 40.2 Å². The topological polar surface area (TPSA) is 61.0 Å². The Balaban J connectivity index is 2.83. The molecular weight excluding hydrogens is 228 g/mol. The van der Waals surface area contributed by atoms with Crippen LogP contribution >= 0.6 is 0 Å². The number of H-pyrrole nitrogens is 1. The van der Waals surface area contributed by atoms with Crippen LogP contribution < -0.4 is 15.8 Å². The van der Waals surface area contributed by atoms with Gasteiger partial charge in [-0.1, -0.05) is 0 Å². The molecule has 5 nitrogen and oxygen atoms in total. The third-order valence-corrected chi connectivity index (χ3v) is 2.73. The molecule has 0 aliphatic rings. The number of aromatic nitrogens is 2. The fraction of sp³-hybridized carbons (Fsp3) is 0.692. The quantitative estimate of drug-likeness (QED) is 0.834. The van der Waals surface area contributed by atoms with Gasteiger partial charge >= 0.3 is 0 Å². The highest BCUT2D eigenvalue weighted by Gasteiger charge is 2.11. The van der Waals surface area contributed by atoms with E-state index < -0.39 is 0 Å². The average Bonchev–Trinajstić information content (AvgIpc) is 2.28. The molecule has 0 amide bonds. The normalized spacial score (nSPS) is 11.6. The second kappa shape index (κ2) is 6.00. The average molecular weight is 252 g/mol. The highest BCUT2D eigenvalue weighted by Crippen LogP contribution is 2.04. The summed E-state index contributed by atoms with van der Waals surface area (Å²) in [4.78, 5) is 21.1. The van der Waals surface area contributed by atoms with Gasteiger partial charge in [-0.15, -0.1) is 0 Å². The molecule has 0 spiro atoms. The lowest BCUT2D eigenvalue weighted by atomic mass is 10.1. The third kappa shape index (κ3) is 4.14. The number of nitrogens with zero attached hydrogens (tertiary/aromatic N) is 2. The first-order valence-electron chi connectivity index (χ1n) is 6.45. The van der Waals surface area contributed by atoms with Gasteiger partial charge in [0.25, 0.3) is 5.56 Å². The molecule has 18 heavy (non-hydrogen) atoms. The summed E-state index contributed by atoms with van der Waals surface area (Å²) >= 11 is 0. The van der Waals surface area contributed by atoms with Crippen LogP contribution in [0.15, 0.2) is 11.0 Å². The number of rotatable bonds is 5. The maximum absolute atomic E-state index is 11.9. The van der Waals surface area contributed by atoms with Gasteiger partial charge in [0, 0.05) is 36.9 Å². The molecule has 0 fully saturated rings. The second-order valence-corrected chi connectivity index (χ2v) is 5.34. The van der Waals surface area contributed by atoms with Gasteiger partial charge < -0.3 is 10.2 Å². The highest BCUT2D eigenvalue weighted by atomic mass is 16.1. The Bertz CT molecular complexity index is 429. The molecular formula is C13H24N4O. The predicted molar refractivity (Wildman–Crippen MR) is 75.0 cm³/mol. The summed E-state index contributed by atoms with van der Waals surface area (Å²) in [5.41, 5.74) is 0.591. The van der Waals surface area contributed by atoms with Crippen LogP contribution in [0.3, 0.4) is 0 Å². The summed E-state index contributed by atoms with van der Waals surface area (Å²) in [5, 5.41) is 3.28. The number of anilines is 1. The SMILES string of the molecule is CCN(CC)c1ncc(CNC(C)(C)C)c(=O)[nH]1. The first-order chi connectivity index (χ1) is 8.37. The van der Waals surface area contributed by atoms with Crippen molar-refractivity contribution in [3.63, 3.8) is 0 Å². The summed E-state index contributed by atoms with van der Waals surface area (Å²) < 4.78 is 0. The number of hydrogen-bond donors (Lipinski definition) is 2. The molecule has 0 unspecified atom stereocenters. The van der Waals surface area contributed by atoms with Crippen molar-refractivity contribution in [2.75, 3.05) is 18.0 Å². The highest BCUT2D eigenvalue weighted by molar-refractivity contribution is 5.29. The van der Waals surface area contributed by atoms with E-state index >= 15 is 0 Å². The Morgan fingerprint density at radius 3 is 2.39 bits per heavy atom. The van der Waals surface area contributed by atoms with Gasteiger partial charge in [-0.25, -0.2) is 4.98 Å².